The van der Waals surface area contributed by atoms with Crippen LogP contribution in [0.25, 0.3) is 0 Å². The fraction of sp³-hybridized carbons (Fsp3) is 1.00. The van der Waals surface area contributed by atoms with Crippen LogP contribution in [0.5, 0.6) is 0 Å². The van der Waals surface area contributed by atoms with Gasteiger partial charge in [-0.25, -0.2) is 0 Å². The summed E-state index contributed by atoms with van der Waals surface area (Å²) in [6.07, 6.45) is -2.75. The summed E-state index contributed by atoms with van der Waals surface area (Å²) in [4.78, 5) is 0. The molecule has 0 aliphatic carbocycles. The third-order valence-electron chi connectivity index (χ3n) is 1.61. The van der Waals surface area contributed by atoms with Crippen LogP contribution in [-0.2, 0) is 13.6 Å². The van der Waals surface area contributed by atoms with Gasteiger partial charge in [-0.05, 0) is 0 Å². The van der Waals surface area contributed by atoms with Crippen molar-refractivity contribution in [3.8, 4) is 0 Å². The van der Waals surface area contributed by atoms with Gasteiger partial charge in [-0.1, -0.05) is 0 Å². The Morgan fingerprint density at radius 1 is 1.21 bits per heavy atom. The van der Waals surface area contributed by atoms with Gasteiger partial charge >= 0.3 is 92.0 Å². The molecule has 1 aliphatic rings. The second-order valence-electron chi connectivity index (χ2n) is 5.36. The van der Waals surface area contributed by atoms with Gasteiger partial charge < -0.3 is 0 Å². The van der Waals surface area contributed by atoms with E-state index in [1.807, 2.05) is 0 Å². The van der Waals surface area contributed by atoms with E-state index in [4.69, 9.17) is 9.05 Å². The Morgan fingerprint density at radius 3 is 2.00 bits per heavy atom. The normalized spacial score (nSPS) is 26.1. The first kappa shape index (κ1) is 12.7. The van der Waals surface area contributed by atoms with E-state index in [0.717, 1.165) is 0 Å². The molecule has 1 aliphatic heterocycles. The summed E-state index contributed by atoms with van der Waals surface area (Å²) in [5.74, 6) is 0. The predicted molar refractivity (Wildman–Crippen MR) is 58.8 cm³/mol. The summed E-state index contributed by atoms with van der Waals surface area (Å²) in [7, 11) is 0. The molecule has 0 amide bonds. The molecule has 5 heteroatoms. The van der Waals surface area contributed by atoms with Gasteiger partial charge in [-0.15, -0.1) is 0 Å². The summed E-state index contributed by atoms with van der Waals surface area (Å²) >= 11 is -0.101. The minimum atomic E-state index is -2.75. The van der Waals surface area contributed by atoms with Crippen LogP contribution in [0.1, 0.15) is 34.6 Å². The van der Waals surface area contributed by atoms with E-state index in [1.165, 1.54) is 0 Å². The van der Waals surface area contributed by atoms with Crippen LogP contribution in [0.3, 0.4) is 0 Å². The Balaban J connectivity index is 2.59. The molecule has 0 aromatic heterocycles. The van der Waals surface area contributed by atoms with Crippen molar-refractivity contribution in [3.63, 3.8) is 0 Å². The summed E-state index contributed by atoms with van der Waals surface area (Å²) in [5.41, 5.74) is 0.00186. The molecule has 14 heavy (non-hydrogen) atoms. The Labute approximate surface area is 92.2 Å². The van der Waals surface area contributed by atoms with E-state index >= 15 is 0 Å². The van der Waals surface area contributed by atoms with Crippen molar-refractivity contribution in [2.45, 2.75) is 38.9 Å². The van der Waals surface area contributed by atoms with Crippen LogP contribution in [-0.4, -0.2) is 27.7 Å². The molecule has 0 N–H and O–H groups in total. The van der Waals surface area contributed by atoms with Crippen LogP contribution in [0.2, 0.25) is 4.31 Å². The van der Waals surface area contributed by atoms with Gasteiger partial charge in [0.25, 0.3) is 0 Å². The topological polar surface area (TPSA) is 35.5 Å². The first-order valence-corrected chi connectivity index (χ1v) is 9.33. The SMILES string of the molecule is CC1(C)COP(=O)([Se]C(C)(C)C)OC1. The molecule has 0 radical (unpaired) electrons. The van der Waals surface area contributed by atoms with Gasteiger partial charge in [0, 0.05) is 0 Å². The van der Waals surface area contributed by atoms with Gasteiger partial charge in [0.15, 0.2) is 0 Å². The molecule has 0 spiro atoms. The van der Waals surface area contributed by atoms with Gasteiger partial charge in [-0.2, -0.15) is 0 Å². The molecule has 0 bridgehead atoms. The number of hydrogen-bond donors (Lipinski definition) is 0. The molecule has 84 valence electrons. The van der Waals surface area contributed by atoms with Crippen molar-refractivity contribution in [1.82, 2.24) is 0 Å². The molecule has 3 nitrogen and oxygen atoms in total. The van der Waals surface area contributed by atoms with Gasteiger partial charge in [0.2, 0.25) is 0 Å². The first-order valence-electron chi connectivity index (χ1n) is 4.72. The molecule has 1 saturated heterocycles. The maximum atomic E-state index is 12.1. The van der Waals surface area contributed by atoms with E-state index in [2.05, 4.69) is 34.6 Å². The molecule has 0 saturated carbocycles. The summed E-state index contributed by atoms with van der Waals surface area (Å²) < 4.78 is 23.0. The van der Waals surface area contributed by atoms with Crippen LogP contribution in [0, 0.1) is 5.41 Å². The summed E-state index contributed by atoms with van der Waals surface area (Å²) in [5, 5.41) is 0. The fourth-order valence-electron chi connectivity index (χ4n) is 0.975. The van der Waals surface area contributed by atoms with Crippen molar-refractivity contribution in [2.24, 2.45) is 5.41 Å². The zero-order valence-corrected chi connectivity index (χ0v) is 12.1. The average Bonchev–Trinajstić information content (AvgIpc) is 1.93. The molecular weight excluding hydrogens is 266 g/mol. The van der Waals surface area contributed by atoms with Crippen LogP contribution in [0.4, 0.5) is 0 Å². The van der Waals surface area contributed by atoms with E-state index in [9.17, 15) is 4.57 Å². The van der Waals surface area contributed by atoms with E-state index in [-0.39, 0.29) is 24.2 Å². The van der Waals surface area contributed by atoms with Crippen molar-refractivity contribution in [1.29, 1.82) is 0 Å². The summed E-state index contributed by atoms with van der Waals surface area (Å²) in [6.45, 7) is 11.4. The van der Waals surface area contributed by atoms with Crippen LogP contribution >= 0.6 is 6.29 Å². The Bertz CT molecular complexity index is 243. The van der Waals surface area contributed by atoms with E-state index in [0.29, 0.717) is 13.2 Å². The third kappa shape index (κ3) is 4.04. The van der Waals surface area contributed by atoms with E-state index < -0.39 is 6.29 Å². The second-order valence-corrected chi connectivity index (χ2v) is 13.5. The van der Waals surface area contributed by atoms with Crippen LogP contribution < -0.4 is 0 Å². The standard InChI is InChI=1S/C9H19O3PSe/c1-8(2,3)14-13(10)11-6-9(4,5)7-12-13/h6-7H2,1-5H3. The minimum absolute atomic E-state index is 0.00186. The van der Waals surface area contributed by atoms with Crippen molar-refractivity contribution >= 4 is 20.8 Å². The number of hydrogen-bond acceptors (Lipinski definition) is 3. The summed E-state index contributed by atoms with van der Waals surface area (Å²) in [6, 6.07) is 0. The Hall–Kier alpha value is 0.669. The quantitative estimate of drug-likeness (QED) is 0.548. The average molecular weight is 285 g/mol. The van der Waals surface area contributed by atoms with Crippen LogP contribution in [0.15, 0.2) is 0 Å². The fourth-order valence-corrected chi connectivity index (χ4v) is 8.39. The second kappa shape index (κ2) is 3.92. The zero-order valence-electron chi connectivity index (χ0n) is 9.49. The molecular formula is C9H19O3PSe. The molecule has 1 heterocycles. The molecule has 0 aromatic rings. The maximum absolute atomic E-state index is 12.1. The molecule has 0 unspecified atom stereocenters. The first-order chi connectivity index (χ1) is 6.12. The molecule has 1 fully saturated rings. The van der Waals surface area contributed by atoms with Crippen molar-refractivity contribution < 1.29 is 13.6 Å². The molecule has 0 aromatic carbocycles. The van der Waals surface area contributed by atoms with Crippen molar-refractivity contribution in [2.75, 3.05) is 13.2 Å². The Kier molecular flexibility index (Phi) is 3.56. The number of rotatable bonds is 1. The van der Waals surface area contributed by atoms with Gasteiger partial charge in [-0.3, -0.25) is 0 Å². The predicted octanol–water partition coefficient (Wildman–Crippen LogP) is 3.09. The zero-order chi connectivity index (χ0) is 11.0. The van der Waals surface area contributed by atoms with Gasteiger partial charge in [0.05, 0.1) is 0 Å². The van der Waals surface area contributed by atoms with Gasteiger partial charge in [0.1, 0.15) is 0 Å². The van der Waals surface area contributed by atoms with Crippen molar-refractivity contribution in [3.05, 3.63) is 0 Å². The third-order valence-corrected chi connectivity index (χ3v) is 9.46. The molecule has 1 rings (SSSR count). The Morgan fingerprint density at radius 2 is 1.64 bits per heavy atom. The molecule has 0 atom stereocenters. The van der Waals surface area contributed by atoms with E-state index in [1.54, 1.807) is 0 Å². The monoisotopic (exact) mass is 286 g/mol.